The fraction of sp³-hybridized carbons (Fsp3) is 0.362. The van der Waals surface area contributed by atoms with E-state index in [9.17, 15) is 0 Å². The molecule has 0 spiro atoms. The smallest absolute Gasteiger partial charge is 0.0465 e. The van der Waals surface area contributed by atoms with Crippen molar-refractivity contribution in [1.82, 2.24) is 4.98 Å². The highest BCUT2D eigenvalue weighted by Crippen LogP contribution is 2.51. The van der Waals surface area contributed by atoms with Gasteiger partial charge >= 0.3 is 0 Å². The number of benzene rings is 6. The van der Waals surface area contributed by atoms with Gasteiger partial charge in [-0.15, -0.1) is 0 Å². The highest BCUT2D eigenvalue weighted by Gasteiger charge is 2.37. The molecule has 0 amide bonds. The Morgan fingerprint density at radius 2 is 1.27 bits per heavy atom. The van der Waals surface area contributed by atoms with Crippen LogP contribution < -0.4 is 0 Å². The Morgan fingerprint density at radius 1 is 0.625 bits per heavy atom. The fourth-order valence-corrected chi connectivity index (χ4v) is 9.22. The van der Waals surface area contributed by atoms with Gasteiger partial charge in [-0.3, -0.25) is 0 Å². The van der Waals surface area contributed by atoms with Gasteiger partial charge in [0.2, 0.25) is 0 Å². The van der Waals surface area contributed by atoms with Crippen LogP contribution >= 0.6 is 0 Å². The number of rotatable bonds is 13. The molecule has 3 unspecified atom stereocenters. The van der Waals surface area contributed by atoms with Crippen molar-refractivity contribution in [2.45, 2.75) is 104 Å². The van der Waals surface area contributed by atoms with E-state index in [1.165, 1.54) is 116 Å². The maximum Gasteiger partial charge on any atom is 0.0465 e. The van der Waals surface area contributed by atoms with Gasteiger partial charge in [0, 0.05) is 33.1 Å². The van der Waals surface area contributed by atoms with Gasteiger partial charge in [0.25, 0.3) is 0 Å². The molecule has 1 nitrogen and oxygen atoms in total. The molecule has 3 atom stereocenters. The number of hydrogen-bond acceptors (Lipinski definition) is 0. The molecule has 0 saturated carbocycles. The van der Waals surface area contributed by atoms with Crippen LogP contribution in [0.2, 0.25) is 0 Å². The van der Waals surface area contributed by atoms with Gasteiger partial charge in [0.1, 0.15) is 0 Å². The fourth-order valence-electron chi connectivity index (χ4n) is 9.22. The molecule has 1 heterocycles. The first-order valence-corrected chi connectivity index (χ1v) is 18.7. The van der Waals surface area contributed by atoms with E-state index in [4.69, 9.17) is 0 Å². The average Bonchev–Trinajstić information content (AvgIpc) is 3.47. The molecule has 0 aliphatic carbocycles. The van der Waals surface area contributed by atoms with E-state index < -0.39 is 0 Å². The summed E-state index contributed by atoms with van der Waals surface area (Å²) in [5, 5.41) is 11.0. The number of allylic oxidation sites excluding steroid dienone is 2. The van der Waals surface area contributed by atoms with E-state index in [1.807, 2.05) is 0 Å². The van der Waals surface area contributed by atoms with Gasteiger partial charge < -0.3 is 4.98 Å². The number of aromatic nitrogens is 1. The molecular weight excluding hydrogens is 579 g/mol. The quantitative estimate of drug-likeness (QED) is 0.0962. The van der Waals surface area contributed by atoms with Crippen LogP contribution in [0.15, 0.2) is 103 Å². The van der Waals surface area contributed by atoms with E-state index >= 15 is 0 Å². The highest BCUT2D eigenvalue weighted by atomic mass is 14.7. The predicted molar refractivity (Wildman–Crippen MR) is 212 cm³/mol. The van der Waals surface area contributed by atoms with Crippen molar-refractivity contribution in [3.8, 4) is 0 Å². The summed E-state index contributed by atoms with van der Waals surface area (Å²) >= 11 is 0. The summed E-state index contributed by atoms with van der Waals surface area (Å²) in [5.41, 5.74) is 6.95. The summed E-state index contributed by atoms with van der Waals surface area (Å²) in [6.07, 6.45) is 14.3. The maximum absolute atomic E-state index is 3.78. The Balaban J connectivity index is 1.47. The van der Waals surface area contributed by atoms with Crippen molar-refractivity contribution in [2.75, 3.05) is 0 Å². The molecule has 0 bridgehead atoms. The van der Waals surface area contributed by atoms with Crippen molar-refractivity contribution in [3.63, 3.8) is 0 Å². The molecule has 7 rings (SSSR count). The van der Waals surface area contributed by atoms with Gasteiger partial charge in [-0.1, -0.05) is 146 Å². The van der Waals surface area contributed by atoms with Crippen LogP contribution in [-0.4, -0.2) is 4.98 Å². The lowest BCUT2D eigenvalue weighted by Gasteiger charge is -2.40. The topological polar surface area (TPSA) is 15.8 Å². The molecule has 1 heteroatoms. The number of unbranched alkanes of at least 4 members (excludes halogenated alkanes) is 2. The van der Waals surface area contributed by atoms with Crippen molar-refractivity contribution < 1.29 is 0 Å². The van der Waals surface area contributed by atoms with Crippen LogP contribution in [-0.2, 0) is 5.41 Å². The third-order valence-corrected chi connectivity index (χ3v) is 11.7. The maximum atomic E-state index is 3.78. The van der Waals surface area contributed by atoms with E-state index in [2.05, 4.69) is 150 Å². The first kappa shape index (κ1) is 32.4. The zero-order chi connectivity index (χ0) is 33.5. The van der Waals surface area contributed by atoms with Crippen LogP contribution in [0.5, 0.6) is 0 Å². The molecule has 246 valence electrons. The number of nitrogens with one attached hydrogen (secondary N) is 1. The third kappa shape index (κ3) is 5.50. The molecule has 0 radical (unpaired) electrons. The Bertz CT molecular complexity index is 2210. The van der Waals surface area contributed by atoms with Crippen LogP contribution in [0.1, 0.15) is 116 Å². The van der Waals surface area contributed by atoms with Gasteiger partial charge in [0.05, 0.1) is 0 Å². The summed E-state index contributed by atoms with van der Waals surface area (Å²) in [6.45, 7) is 14.2. The summed E-state index contributed by atoms with van der Waals surface area (Å²) < 4.78 is 0. The van der Waals surface area contributed by atoms with Crippen molar-refractivity contribution in [3.05, 3.63) is 120 Å². The lowest BCUT2D eigenvalue weighted by molar-refractivity contribution is 0.227. The van der Waals surface area contributed by atoms with Crippen LogP contribution in [0.25, 0.3) is 54.1 Å². The first-order valence-electron chi connectivity index (χ1n) is 18.7. The summed E-state index contributed by atoms with van der Waals surface area (Å²) in [4.78, 5) is 3.78. The second kappa shape index (κ2) is 13.1. The molecule has 7 aromatic rings. The largest absolute Gasteiger partial charge is 0.355 e. The van der Waals surface area contributed by atoms with Gasteiger partial charge in [-0.2, -0.15) is 0 Å². The molecule has 48 heavy (non-hydrogen) atoms. The lowest BCUT2D eigenvalue weighted by atomic mass is 9.64. The Labute approximate surface area is 287 Å². The molecule has 0 aliphatic rings. The van der Waals surface area contributed by atoms with E-state index in [0.29, 0.717) is 0 Å². The molecule has 0 fully saturated rings. The van der Waals surface area contributed by atoms with E-state index in [-0.39, 0.29) is 16.7 Å². The molecule has 1 N–H and O–H groups in total. The lowest BCUT2D eigenvalue weighted by Crippen LogP contribution is -2.27. The zero-order valence-electron chi connectivity index (χ0n) is 30.0. The minimum Gasteiger partial charge on any atom is -0.355 e. The number of fused-ring (bicyclic) bond motifs is 3. The van der Waals surface area contributed by atoms with Crippen LogP contribution in [0, 0.1) is 5.41 Å². The van der Waals surface area contributed by atoms with E-state index in [1.54, 1.807) is 0 Å². The second-order valence-corrected chi connectivity index (χ2v) is 15.2. The summed E-state index contributed by atoms with van der Waals surface area (Å²) in [7, 11) is 0. The van der Waals surface area contributed by atoms with Crippen molar-refractivity contribution >= 4 is 54.1 Å². The molecular formula is C47H53N. The average molecular weight is 632 g/mol. The Morgan fingerprint density at radius 3 is 1.98 bits per heavy atom. The zero-order valence-corrected chi connectivity index (χ0v) is 30.0. The van der Waals surface area contributed by atoms with Gasteiger partial charge in [0.15, 0.2) is 0 Å². The number of aromatic amines is 1. The summed E-state index contributed by atoms with van der Waals surface area (Å²) in [5.74, 6) is 0.281. The number of hydrogen-bond donors (Lipinski definition) is 1. The number of H-pyrrole nitrogens is 1. The minimum atomic E-state index is 0.0320. The third-order valence-electron chi connectivity index (χ3n) is 11.7. The standard InChI is InChI=1S/C47H53N/c1-7-11-28-46(5,26-9-3)36-21-25-42-40(31-36)39-30-35(20-24-41(39)48-42)45(47(6,27-10-4)29-12-8-2)38-23-19-34-17-16-32-14-13-15-33-18-22-37(38)44(34)43(32)33/h9,13-26,30-31,45,48H,7-8,10-12,27-29H2,1-6H3/b26-9-. The van der Waals surface area contributed by atoms with E-state index in [0.717, 1.165) is 6.42 Å². The Hall–Kier alpha value is -4.10. The van der Waals surface area contributed by atoms with Gasteiger partial charge in [-0.25, -0.2) is 0 Å². The highest BCUT2D eigenvalue weighted by molar-refractivity contribution is 6.23. The first-order chi connectivity index (χ1) is 23.3. The van der Waals surface area contributed by atoms with Crippen molar-refractivity contribution in [1.29, 1.82) is 0 Å². The second-order valence-electron chi connectivity index (χ2n) is 15.2. The summed E-state index contributed by atoms with van der Waals surface area (Å²) in [6, 6.07) is 35.5. The normalized spacial score (nSPS) is 15.7. The molecule has 1 aromatic heterocycles. The van der Waals surface area contributed by atoms with Gasteiger partial charge in [-0.05, 0) is 105 Å². The molecule has 0 saturated heterocycles. The molecule has 6 aromatic carbocycles. The minimum absolute atomic E-state index is 0.0320. The Kier molecular flexibility index (Phi) is 8.84. The van der Waals surface area contributed by atoms with Crippen molar-refractivity contribution in [2.24, 2.45) is 5.41 Å². The monoisotopic (exact) mass is 631 g/mol. The SMILES string of the molecule is C/C=C\C(C)(CCCC)c1ccc2[nH]c3ccc(C(c4ccc5ccc6cccc7ccc4c5c67)C(C)(CCC)CCCC)cc3c2c1. The predicted octanol–water partition coefficient (Wildman–Crippen LogP) is 14.4. The molecule has 0 aliphatic heterocycles. The van der Waals surface area contributed by atoms with Crippen LogP contribution in [0.3, 0.4) is 0 Å². The van der Waals surface area contributed by atoms with Crippen LogP contribution in [0.4, 0.5) is 0 Å².